The molecule has 34 heavy (non-hydrogen) atoms. The van der Waals surface area contributed by atoms with Crippen LogP contribution in [0.15, 0.2) is 66.7 Å². The zero-order chi connectivity index (χ0) is 23.3. The first-order chi connectivity index (χ1) is 16.4. The van der Waals surface area contributed by atoms with Crippen LogP contribution >= 0.6 is 0 Å². The molecule has 0 saturated carbocycles. The predicted octanol–water partition coefficient (Wildman–Crippen LogP) is 6.38. The van der Waals surface area contributed by atoms with Gasteiger partial charge in [-0.3, -0.25) is 0 Å². The third kappa shape index (κ3) is 3.55. The van der Waals surface area contributed by atoms with Crippen molar-refractivity contribution >= 4 is 34.0 Å². The van der Waals surface area contributed by atoms with Crippen LogP contribution in [0.25, 0.3) is 11.0 Å². The fourth-order valence-electron chi connectivity index (χ4n) is 5.66. The Bertz CT molecular complexity index is 1340. The molecule has 2 aliphatic rings. The molecular formula is C29H33N5. The Morgan fingerprint density at radius 3 is 2.44 bits per heavy atom. The van der Waals surface area contributed by atoms with Crippen LogP contribution in [0.5, 0.6) is 0 Å². The van der Waals surface area contributed by atoms with E-state index in [1.807, 2.05) is 0 Å². The summed E-state index contributed by atoms with van der Waals surface area (Å²) in [7, 11) is 0. The molecule has 5 heteroatoms. The predicted molar refractivity (Wildman–Crippen MR) is 142 cm³/mol. The van der Waals surface area contributed by atoms with Gasteiger partial charge in [-0.1, -0.05) is 57.2 Å². The normalized spacial score (nSPS) is 17.3. The standard InChI is InChI=1S/C29H33N5/c1-28(2,3)20-12-13-22-24(18-20)33-27(31-22)32-23-9-5-7-11-26(23)34-19-29(14-16-30-17-15-29)21-8-4-6-10-25(21)34/h4-13,18,30H,14-17,19H2,1-3H3,(H2,31,32,33). The van der Waals surface area contributed by atoms with Gasteiger partial charge in [0.15, 0.2) is 0 Å². The van der Waals surface area contributed by atoms with Crippen LogP contribution in [-0.2, 0) is 10.8 Å². The van der Waals surface area contributed by atoms with Crippen molar-refractivity contribution in [2.24, 2.45) is 0 Å². The second-order valence-electron chi connectivity index (χ2n) is 10.8. The van der Waals surface area contributed by atoms with E-state index in [2.05, 4.69) is 108 Å². The molecule has 3 heterocycles. The summed E-state index contributed by atoms with van der Waals surface area (Å²) < 4.78 is 0. The van der Waals surface area contributed by atoms with E-state index in [0.717, 1.165) is 42.3 Å². The molecule has 0 aliphatic carbocycles. The third-order valence-corrected chi connectivity index (χ3v) is 7.58. The number of aromatic nitrogens is 2. The van der Waals surface area contributed by atoms with E-state index >= 15 is 0 Å². The lowest BCUT2D eigenvalue weighted by Gasteiger charge is -2.35. The molecule has 0 amide bonds. The Labute approximate surface area is 201 Å². The summed E-state index contributed by atoms with van der Waals surface area (Å²) in [5.41, 5.74) is 8.75. The third-order valence-electron chi connectivity index (χ3n) is 7.58. The Morgan fingerprint density at radius 1 is 0.912 bits per heavy atom. The van der Waals surface area contributed by atoms with Crippen LogP contribution in [0, 0.1) is 0 Å². The summed E-state index contributed by atoms with van der Waals surface area (Å²) in [6.45, 7) is 9.89. The Hall–Kier alpha value is -3.31. The molecule has 6 rings (SSSR count). The Balaban J connectivity index is 1.36. The van der Waals surface area contributed by atoms with Crippen LogP contribution in [0.1, 0.15) is 44.7 Å². The van der Waals surface area contributed by atoms with Gasteiger partial charge in [-0.2, -0.15) is 0 Å². The molecule has 0 atom stereocenters. The van der Waals surface area contributed by atoms with Crippen LogP contribution < -0.4 is 15.5 Å². The number of rotatable bonds is 3. The van der Waals surface area contributed by atoms with Crippen molar-refractivity contribution in [2.75, 3.05) is 29.9 Å². The second-order valence-corrected chi connectivity index (χ2v) is 10.8. The average molecular weight is 452 g/mol. The SMILES string of the molecule is CC(C)(C)c1ccc2nc(Nc3ccccc3N3CC4(CCNCC4)c4ccccc43)[nH]c2c1. The zero-order valence-corrected chi connectivity index (χ0v) is 20.3. The van der Waals surface area contributed by atoms with Gasteiger partial charge in [0.05, 0.1) is 22.4 Å². The minimum absolute atomic E-state index is 0.104. The quantitative estimate of drug-likeness (QED) is 0.338. The number of nitrogens with zero attached hydrogens (tertiary/aromatic N) is 2. The Kier molecular flexibility index (Phi) is 4.92. The van der Waals surface area contributed by atoms with Crippen molar-refractivity contribution in [2.45, 2.75) is 44.4 Å². The Morgan fingerprint density at radius 2 is 1.65 bits per heavy atom. The van der Waals surface area contributed by atoms with E-state index in [1.54, 1.807) is 0 Å². The number of para-hydroxylation sites is 3. The van der Waals surface area contributed by atoms with Crippen molar-refractivity contribution in [1.29, 1.82) is 0 Å². The topological polar surface area (TPSA) is 56.0 Å². The van der Waals surface area contributed by atoms with Crippen LogP contribution in [0.3, 0.4) is 0 Å². The van der Waals surface area contributed by atoms with E-state index in [9.17, 15) is 0 Å². The number of imidazole rings is 1. The highest BCUT2D eigenvalue weighted by molar-refractivity contribution is 5.85. The molecule has 0 unspecified atom stereocenters. The number of H-pyrrole nitrogens is 1. The van der Waals surface area contributed by atoms with Crippen LogP contribution in [0.4, 0.5) is 23.0 Å². The number of hydrogen-bond acceptors (Lipinski definition) is 4. The summed E-state index contributed by atoms with van der Waals surface area (Å²) >= 11 is 0. The summed E-state index contributed by atoms with van der Waals surface area (Å²) in [6, 6.07) is 24.1. The molecule has 1 saturated heterocycles. The number of aromatic amines is 1. The number of nitrogens with one attached hydrogen (secondary N) is 3. The first-order valence-electron chi connectivity index (χ1n) is 12.4. The lowest BCUT2D eigenvalue weighted by Crippen LogP contribution is -2.42. The van der Waals surface area contributed by atoms with E-state index < -0.39 is 0 Å². The maximum absolute atomic E-state index is 4.83. The highest BCUT2D eigenvalue weighted by Gasteiger charge is 2.43. The van der Waals surface area contributed by atoms with Gasteiger partial charge in [0, 0.05) is 17.6 Å². The average Bonchev–Trinajstić information content (AvgIpc) is 3.38. The number of fused-ring (bicyclic) bond motifs is 3. The van der Waals surface area contributed by atoms with E-state index in [0.29, 0.717) is 0 Å². The van der Waals surface area contributed by atoms with Crippen molar-refractivity contribution in [1.82, 2.24) is 15.3 Å². The molecule has 1 aromatic heterocycles. The molecule has 1 spiro atoms. The minimum Gasteiger partial charge on any atom is -0.339 e. The lowest BCUT2D eigenvalue weighted by molar-refractivity contribution is 0.329. The fourth-order valence-corrected chi connectivity index (χ4v) is 5.66. The molecule has 174 valence electrons. The van der Waals surface area contributed by atoms with E-state index in [1.165, 1.54) is 35.3 Å². The zero-order valence-electron chi connectivity index (χ0n) is 20.3. The fraction of sp³-hybridized carbons (Fsp3) is 0.345. The summed E-state index contributed by atoms with van der Waals surface area (Å²) in [5.74, 6) is 0.776. The highest BCUT2D eigenvalue weighted by Crippen LogP contribution is 2.50. The highest BCUT2D eigenvalue weighted by atomic mass is 15.2. The minimum atomic E-state index is 0.104. The number of benzene rings is 3. The maximum Gasteiger partial charge on any atom is 0.205 e. The molecule has 4 aromatic rings. The van der Waals surface area contributed by atoms with Gasteiger partial charge in [0.25, 0.3) is 0 Å². The van der Waals surface area contributed by atoms with Gasteiger partial charge in [-0.05, 0) is 72.8 Å². The molecule has 1 fully saturated rings. The van der Waals surface area contributed by atoms with Crippen LogP contribution in [0.2, 0.25) is 0 Å². The van der Waals surface area contributed by atoms with Gasteiger partial charge in [-0.15, -0.1) is 0 Å². The number of hydrogen-bond donors (Lipinski definition) is 3. The first kappa shape index (κ1) is 21.2. The summed E-state index contributed by atoms with van der Waals surface area (Å²) in [4.78, 5) is 10.8. The first-order valence-corrected chi connectivity index (χ1v) is 12.4. The summed E-state index contributed by atoms with van der Waals surface area (Å²) in [6.07, 6.45) is 2.35. The molecule has 0 radical (unpaired) electrons. The van der Waals surface area contributed by atoms with Gasteiger partial charge in [0.1, 0.15) is 0 Å². The van der Waals surface area contributed by atoms with Crippen molar-refractivity contribution in [3.63, 3.8) is 0 Å². The number of anilines is 4. The van der Waals surface area contributed by atoms with Gasteiger partial charge >= 0.3 is 0 Å². The van der Waals surface area contributed by atoms with Crippen molar-refractivity contribution < 1.29 is 0 Å². The second kappa shape index (κ2) is 7.88. The monoisotopic (exact) mass is 451 g/mol. The number of piperidine rings is 1. The maximum atomic E-state index is 4.83. The van der Waals surface area contributed by atoms with Crippen LogP contribution in [-0.4, -0.2) is 29.6 Å². The summed E-state index contributed by atoms with van der Waals surface area (Å²) in [5, 5.41) is 7.15. The van der Waals surface area contributed by atoms with Gasteiger partial charge < -0.3 is 20.5 Å². The van der Waals surface area contributed by atoms with E-state index in [-0.39, 0.29) is 10.8 Å². The largest absolute Gasteiger partial charge is 0.339 e. The van der Waals surface area contributed by atoms with Gasteiger partial charge in [0.2, 0.25) is 5.95 Å². The van der Waals surface area contributed by atoms with Crippen molar-refractivity contribution in [3.05, 3.63) is 77.9 Å². The molecule has 3 N–H and O–H groups in total. The lowest BCUT2D eigenvalue weighted by atomic mass is 9.75. The molecule has 2 aliphatic heterocycles. The van der Waals surface area contributed by atoms with E-state index in [4.69, 9.17) is 4.98 Å². The molecular weight excluding hydrogens is 418 g/mol. The van der Waals surface area contributed by atoms with Crippen molar-refractivity contribution in [3.8, 4) is 0 Å². The smallest absolute Gasteiger partial charge is 0.205 e. The molecule has 5 nitrogen and oxygen atoms in total. The molecule has 3 aromatic carbocycles. The van der Waals surface area contributed by atoms with Gasteiger partial charge in [-0.25, -0.2) is 4.98 Å². The molecule has 0 bridgehead atoms.